The number of aromatic amines is 1. The molecule has 1 saturated heterocycles. The van der Waals surface area contributed by atoms with Gasteiger partial charge in [0.1, 0.15) is 0 Å². The molecule has 24 heavy (non-hydrogen) atoms. The predicted molar refractivity (Wildman–Crippen MR) is 97.0 cm³/mol. The lowest BCUT2D eigenvalue weighted by molar-refractivity contribution is 0.609. The lowest BCUT2D eigenvalue weighted by atomic mass is 10.1. The fourth-order valence-electron chi connectivity index (χ4n) is 3.77. The molecule has 5 rings (SSSR count). The van der Waals surface area contributed by atoms with Crippen LogP contribution in [0, 0.1) is 5.92 Å². The minimum Gasteiger partial charge on any atom is -0.386 e. The van der Waals surface area contributed by atoms with E-state index in [0.717, 1.165) is 36.1 Å². The van der Waals surface area contributed by atoms with Crippen molar-refractivity contribution in [1.82, 2.24) is 20.3 Å². The number of nitrogens with one attached hydrogen (secondary N) is 2. The molecule has 0 radical (unpaired) electrons. The topological polar surface area (TPSA) is 56.8 Å². The lowest BCUT2D eigenvalue weighted by Crippen LogP contribution is -2.25. The van der Waals surface area contributed by atoms with E-state index in [-0.39, 0.29) is 0 Å². The quantitative estimate of drug-likeness (QED) is 0.775. The van der Waals surface area contributed by atoms with Crippen LogP contribution in [0.5, 0.6) is 0 Å². The molecular weight excluding hydrogens is 298 g/mol. The first-order chi connectivity index (χ1) is 11.8. The molecule has 3 aromatic rings. The Labute approximate surface area is 140 Å². The van der Waals surface area contributed by atoms with Crippen LogP contribution in [0.1, 0.15) is 19.3 Å². The van der Waals surface area contributed by atoms with Gasteiger partial charge in [0.2, 0.25) is 0 Å². The van der Waals surface area contributed by atoms with Gasteiger partial charge in [0.25, 0.3) is 0 Å². The Morgan fingerprint density at radius 3 is 3.04 bits per heavy atom. The number of aromatic nitrogens is 3. The standard InChI is InChI=1S/C19H21N5/c1-12(23-14-2-3-14)13-6-9-24(11-13)17-5-8-20-16-10-22-19-15(18(16)17)4-7-21-19/h4-5,7-8,10,13-14,20,23H,1-3,6,9,11H2. The van der Waals surface area contributed by atoms with E-state index in [9.17, 15) is 0 Å². The summed E-state index contributed by atoms with van der Waals surface area (Å²) < 4.78 is 0. The smallest absolute Gasteiger partial charge is 0.159 e. The highest BCUT2D eigenvalue weighted by Gasteiger charge is 2.29. The summed E-state index contributed by atoms with van der Waals surface area (Å²) in [4.78, 5) is 14.6. The molecular formula is C19H21N5. The fourth-order valence-corrected chi connectivity index (χ4v) is 3.77. The van der Waals surface area contributed by atoms with E-state index >= 15 is 0 Å². The number of hydrogen-bond acceptors (Lipinski definition) is 4. The van der Waals surface area contributed by atoms with Crippen LogP contribution in [0.4, 0.5) is 5.69 Å². The highest BCUT2D eigenvalue weighted by Crippen LogP contribution is 2.35. The summed E-state index contributed by atoms with van der Waals surface area (Å²) in [6.45, 7) is 6.37. The summed E-state index contributed by atoms with van der Waals surface area (Å²) in [7, 11) is 0. The van der Waals surface area contributed by atoms with Crippen molar-refractivity contribution in [2.24, 2.45) is 5.92 Å². The van der Waals surface area contributed by atoms with Crippen LogP contribution >= 0.6 is 0 Å². The van der Waals surface area contributed by atoms with Crippen molar-refractivity contribution >= 4 is 27.6 Å². The summed E-state index contributed by atoms with van der Waals surface area (Å²) in [6, 6.07) is 4.91. The summed E-state index contributed by atoms with van der Waals surface area (Å²) >= 11 is 0. The molecule has 0 aromatic carbocycles. The highest BCUT2D eigenvalue weighted by molar-refractivity contribution is 6.10. The molecule has 2 N–H and O–H groups in total. The Hall–Kier alpha value is -2.56. The summed E-state index contributed by atoms with van der Waals surface area (Å²) in [5.74, 6) is 0.528. The number of nitrogens with zero attached hydrogens (tertiary/aromatic N) is 3. The molecule has 1 atom stereocenters. The van der Waals surface area contributed by atoms with E-state index in [0.29, 0.717) is 12.0 Å². The number of fused-ring (bicyclic) bond motifs is 3. The lowest BCUT2D eigenvalue weighted by Gasteiger charge is -2.22. The van der Waals surface area contributed by atoms with E-state index in [1.807, 2.05) is 18.6 Å². The Balaban J connectivity index is 1.50. The van der Waals surface area contributed by atoms with Gasteiger partial charge < -0.3 is 15.2 Å². The zero-order chi connectivity index (χ0) is 16.1. The molecule has 1 unspecified atom stereocenters. The first-order valence-electron chi connectivity index (χ1n) is 8.70. The van der Waals surface area contributed by atoms with Gasteiger partial charge in [-0.2, -0.15) is 0 Å². The van der Waals surface area contributed by atoms with Gasteiger partial charge in [0.15, 0.2) is 5.65 Å². The third-order valence-electron chi connectivity index (χ3n) is 5.26. The molecule has 3 aromatic heterocycles. The molecule has 122 valence electrons. The van der Waals surface area contributed by atoms with Crippen molar-refractivity contribution in [3.8, 4) is 0 Å². The van der Waals surface area contributed by atoms with Crippen LogP contribution in [0.15, 0.2) is 43.0 Å². The second kappa shape index (κ2) is 5.23. The van der Waals surface area contributed by atoms with E-state index in [1.165, 1.54) is 29.6 Å². The van der Waals surface area contributed by atoms with Crippen molar-refractivity contribution in [3.63, 3.8) is 0 Å². The largest absolute Gasteiger partial charge is 0.386 e. The molecule has 1 aliphatic carbocycles. The first-order valence-corrected chi connectivity index (χ1v) is 8.70. The van der Waals surface area contributed by atoms with Gasteiger partial charge in [0.05, 0.1) is 11.7 Å². The molecule has 5 nitrogen and oxygen atoms in total. The molecule has 2 fully saturated rings. The Kier molecular flexibility index (Phi) is 3.01. The van der Waals surface area contributed by atoms with Gasteiger partial charge in [-0.25, -0.2) is 9.97 Å². The molecule has 0 bridgehead atoms. The van der Waals surface area contributed by atoms with E-state index in [2.05, 4.69) is 43.9 Å². The van der Waals surface area contributed by atoms with Gasteiger partial charge in [-0.3, -0.25) is 0 Å². The normalized spacial score (nSPS) is 20.8. The minimum atomic E-state index is 0.528. The first kappa shape index (κ1) is 13.8. The van der Waals surface area contributed by atoms with E-state index in [1.54, 1.807) is 0 Å². The van der Waals surface area contributed by atoms with Gasteiger partial charge >= 0.3 is 0 Å². The monoisotopic (exact) mass is 319 g/mol. The second-order valence-corrected chi connectivity index (χ2v) is 6.97. The van der Waals surface area contributed by atoms with Gasteiger partial charge in [0, 0.05) is 59.6 Å². The van der Waals surface area contributed by atoms with Crippen LogP contribution in [0.3, 0.4) is 0 Å². The van der Waals surface area contributed by atoms with Crippen LogP contribution < -0.4 is 10.2 Å². The van der Waals surface area contributed by atoms with E-state index < -0.39 is 0 Å². The van der Waals surface area contributed by atoms with Gasteiger partial charge in [-0.1, -0.05) is 6.58 Å². The molecule has 0 amide bonds. The maximum atomic E-state index is 4.43. The van der Waals surface area contributed by atoms with Crippen molar-refractivity contribution in [1.29, 1.82) is 0 Å². The number of rotatable bonds is 4. The minimum absolute atomic E-state index is 0.528. The molecule has 1 saturated carbocycles. The number of H-pyrrole nitrogens is 1. The second-order valence-electron chi connectivity index (χ2n) is 6.97. The Bertz CT molecular complexity index is 924. The van der Waals surface area contributed by atoms with Crippen molar-refractivity contribution < 1.29 is 0 Å². The zero-order valence-corrected chi connectivity index (χ0v) is 13.6. The molecule has 4 heterocycles. The number of anilines is 1. The molecule has 2 aliphatic rings. The van der Waals surface area contributed by atoms with Crippen molar-refractivity contribution in [3.05, 3.63) is 43.0 Å². The average molecular weight is 319 g/mol. The van der Waals surface area contributed by atoms with Crippen molar-refractivity contribution in [2.45, 2.75) is 25.3 Å². The maximum Gasteiger partial charge on any atom is 0.159 e. The molecule has 0 spiro atoms. The maximum absolute atomic E-state index is 4.43. The summed E-state index contributed by atoms with van der Waals surface area (Å²) in [5.41, 5.74) is 4.37. The Morgan fingerprint density at radius 2 is 2.17 bits per heavy atom. The average Bonchev–Trinajstić information content (AvgIpc) is 3.12. The van der Waals surface area contributed by atoms with E-state index in [4.69, 9.17) is 0 Å². The van der Waals surface area contributed by atoms with Gasteiger partial charge in [-0.05, 0) is 31.4 Å². The number of pyridine rings is 2. The molecule has 5 heteroatoms. The number of hydrogen-bond donors (Lipinski definition) is 2. The van der Waals surface area contributed by atoms with Crippen LogP contribution in [0.25, 0.3) is 21.9 Å². The highest BCUT2D eigenvalue weighted by atomic mass is 15.2. The van der Waals surface area contributed by atoms with Crippen LogP contribution in [0.2, 0.25) is 0 Å². The third kappa shape index (κ3) is 2.23. The summed E-state index contributed by atoms with van der Waals surface area (Å²) in [6.07, 6.45) is 9.48. The third-order valence-corrected chi connectivity index (χ3v) is 5.26. The van der Waals surface area contributed by atoms with Gasteiger partial charge in [-0.15, -0.1) is 0 Å². The van der Waals surface area contributed by atoms with Crippen molar-refractivity contribution in [2.75, 3.05) is 18.0 Å². The molecule has 1 aliphatic heterocycles. The summed E-state index contributed by atoms with van der Waals surface area (Å²) in [5, 5.41) is 5.93. The Morgan fingerprint density at radius 1 is 1.25 bits per heavy atom. The zero-order valence-electron chi connectivity index (χ0n) is 13.6. The SMILES string of the molecule is C=C(NC1CC1)C1CCN(c2cc[nH]c3cnc4nccc4c23)C1. The fraction of sp³-hybridized carbons (Fsp3) is 0.368. The van der Waals surface area contributed by atoms with Crippen LogP contribution in [-0.4, -0.2) is 34.1 Å². The predicted octanol–water partition coefficient (Wildman–Crippen LogP) is 3.20. The van der Waals surface area contributed by atoms with Crippen LogP contribution in [-0.2, 0) is 0 Å².